The average Bonchev–Trinajstić information content (AvgIpc) is 2.80. The molecule has 1 N–H and O–H groups in total. The quantitative estimate of drug-likeness (QED) is 0.621. The van der Waals surface area contributed by atoms with E-state index in [-0.39, 0.29) is 6.04 Å². The lowest BCUT2D eigenvalue weighted by molar-refractivity contribution is -0.145. The van der Waals surface area contributed by atoms with Crippen LogP contribution in [-0.4, -0.2) is 33.5 Å². The summed E-state index contributed by atoms with van der Waals surface area (Å²) in [6.45, 7) is 1.25. The number of piperidine rings is 1. The van der Waals surface area contributed by atoms with E-state index < -0.39 is 12.0 Å². The van der Waals surface area contributed by atoms with E-state index in [0.717, 1.165) is 42.0 Å². The Morgan fingerprint density at radius 3 is 2.50 bits per heavy atom. The number of likely N-dealkylation sites (tertiary alicyclic amines) is 1. The van der Waals surface area contributed by atoms with Crippen LogP contribution in [0.15, 0.2) is 79.0 Å². The van der Waals surface area contributed by atoms with Gasteiger partial charge in [0.15, 0.2) is 0 Å². The van der Waals surface area contributed by atoms with Gasteiger partial charge in [-0.1, -0.05) is 55.0 Å². The Morgan fingerprint density at radius 1 is 1.03 bits per heavy atom. The van der Waals surface area contributed by atoms with Gasteiger partial charge >= 0.3 is 5.97 Å². The van der Waals surface area contributed by atoms with Crippen LogP contribution in [0.1, 0.15) is 42.1 Å². The predicted octanol–water partition coefficient (Wildman–Crippen LogP) is 4.69. The first-order valence-corrected chi connectivity index (χ1v) is 10.4. The molecule has 2 atom stereocenters. The molecule has 2 unspecified atom stereocenters. The molecule has 1 fully saturated rings. The average molecular weight is 402 g/mol. The van der Waals surface area contributed by atoms with E-state index in [0.29, 0.717) is 13.0 Å². The number of aliphatic carboxylic acids is 1. The first kappa shape index (κ1) is 20.1. The van der Waals surface area contributed by atoms with Crippen molar-refractivity contribution in [3.63, 3.8) is 0 Å². The van der Waals surface area contributed by atoms with Gasteiger partial charge < -0.3 is 9.84 Å². The van der Waals surface area contributed by atoms with E-state index >= 15 is 0 Å². The third-order valence-corrected chi connectivity index (χ3v) is 5.57. The fraction of sp³-hybridized carbons (Fsp3) is 0.280. The molecule has 1 saturated heterocycles. The van der Waals surface area contributed by atoms with Gasteiger partial charge in [-0.15, -0.1) is 0 Å². The Bertz CT molecular complexity index is 945. The summed E-state index contributed by atoms with van der Waals surface area (Å²) in [4.78, 5) is 18.6. The van der Waals surface area contributed by atoms with Crippen LogP contribution in [0.5, 0.6) is 5.75 Å². The summed E-state index contributed by atoms with van der Waals surface area (Å²) in [6, 6.07) is 23.1. The maximum atomic E-state index is 11.9. The van der Waals surface area contributed by atoms with Gasteiger partial charge in [-0.3, -0.25) is 14.7 Å². The third-order valence-electron chi connectivity index (χ3n) is 5.57. The second kappa shape index (κ2) is 9.55. The van der Waals surface area contributed by atoms with E-state index in [1.54, 1.807) is 6.20 Å². The molecule has 0 aliphatic carbocycles. The zero-order chi connectivity index (χ0) is 20.8. The Labute approximate surface area is 177 Å². The minimum atomic E-state index is -0.765. The largest absolute Gasteiger partial charge is 0.489 e. The zero-order valence-electron chi connectivity index (χ0n) is 16.9. The van der Waals surface area contributed by atoms with Gasteiger partial charge in [-0.05, 0) is 54.8 Å². The molecule has 0 spiro atoms. The van der Waals surface area contributed by atoms with Crippen molar-refractivity contribution in [2.24, 2.45) is 0 Å². The molecule has 2 aromatic carbocycles. The van der Waals surface area contributed by atoms with Crippen LogP contribution < -0.4 is 4.74 Å². The monoisotopic (exact) mass is 402 g/mol. The molecule has 0 radical (unpaired) electrons. The van der Waals surface area contributed by atoms with Crippen LogP contribution in [-0.2, 0) is 11.4 Å². The van der Waals surface area contributed by atoms with Crippen LogP contribution >= 0.6 is 0 Å². The van der Waals surface area contributed by atoms with Crippen molar-refractivity contribution >= 4 is 5.97 Å². The molecule has 0 saturated carbocycles. The maximum Gasteiger partial charge on any atom is 0.320 e. The van der Waals surface area contributed by atoms with Gasteiger partial charge in [0.2, 0.25) is 0 Å². The molecular weight excluding hydrogens is 376 g/mol. The number of nitrogens with zero attached hydrogens (tertiary/aromatic N) is 2. The highest BCUT2D eigenvalue weighted by atomic mass is 16.5. The number of rotatable bonds is 7. The summed E-state index contributed by atoms with van der Waals surface area (Å²) in [7, 11) is 0. The molecule has 5 nitrogen and oxygen atoms in total. The van der Waals surface area contributed by atoms with E-state index in [4.69, 9.17) is 4.74 Å². The van der Waals surface area contributed by atoms with Crippen molar-refractivity contribution in [1.29, 1.82) is 0 Å². The number of carboxylic acid groups (broad SMARTS) is 1. The van der Waals surface area contributed by atoms with Crippen molar-refractivity contribution < 1.29 is 14.6 Å². The molecular formula is C25H26N2O3. The molecule has 0 bridgehead atoms. The second-order valence-electron chi connectivity index (χ2n) is 7.59. The van der Waals surface area contributed by atoms with Crippen molar-refractivity contribution in [3.8, 4) is 5.75 Å². The Hall–Kier alpha value is -3.18. The lowest BCUT2D eigenvalue weighted by atomic mass is 9.94. The Balaban J connectivity index is 1.58. The van der Waals surface area contributed by atoms with Crippen LogP contribution in [0.25, 0.3) is 0 Å². The topological polar surface area (TPSA) is 62.7 Å². The molecule has 5 heteroatoms. The van der Waals surface area contributed by atoms with Gasteiger partial charge in [-0.2, -0.15) is 0 Å². The van der Waals surface area contributed by atoms with Gasteiger partial charge in [0, 0.05) is 6.20 Å². The van der Waals surface area contributed by atoms with Gasteiger partial charge in [0.25, 0.3) is 0 Å². The van der Waals surface area contributed by atoms with Crippen molar-refractivity contribution in [2.45, 2.75) is 38.0 Å². The fourth-order valence-electron chi connectivity index (χ4n) is 4.09. The number of ether oxygens (including phenoxy) is 1. The van der Waals surface area contributed by atoms with E-state index in [1.165, 1.54) is 0 Å². The van der Waals surface area contributed by atoms with Crippen LogP contribution in [0.4, 0.5) is 0 Å². The number of carbonyl (C=O) groups is 1. The molecule has 1 aliphatic heterocycles. The summed E-state index contributed by atoms with van der Waals surface area (Å²) < 4.78 is 5.91. The summed E-state index contributed by atoms with van der Waals surface area (Å²) >= 11 is 0. The normalized spacial score (nSPS) is 17.9. The molecule has 30 heavy (non-hydrogen) atoms. The summed E-state index contributed by atoms with van der Waals surface area (Å²) in [6.07, 6.45) is 4.36. The molecule has 1 aromatic heterocycles. The number of hydrogen-bond donors (Lipinski definition) is 1. The van der Waals surface area contributed by atoms with Gasteiger partial charge in [0.1, 0.15) is 18.4 Å². The first-order valence-electron chi connectivity index (χ1n) is 10.4. The predicted molar refractivity (Wildman–Crippen MR) is 115 cm³/mol. The second-order valence-corrected chi connectivity index (χ2v) is 7.59. The SMILES string of the molecule is O=C(O)C1CCCCN1C(c1ccc(OCc2ccccc2)cc1)c1ccccn1. The molecule has 3 aromatic rings. The molecule has 0 amide bonds. The fourth-order valence-corrected chi connectivity index (χ4v) is 4.09. The van der Waals surface area contributed by atoms with Crippen LogP contribution in [0.2, 0.25) is 0 Å². The number of carboxylic acids is 1. The minimum Gasteiger partial charge on any atom is -0.489 e. The van der Waals surface area contributed by atoms with Gasteiger partial charge in [-0.25, -0.2) is 0 Å². The molecule has 1 aliphatic rings. The van der Waals surface area contributed by atoms with E-state index in [2.05, 4.69) is 9.88 Å². The lowest BCUT2D eigenvalue weighted by Crippen LogP contribution is -2.47. The lowest BCUT2D eigenvalue weighted by Gasteiger charge is -2.39. The smallest absolute Gasteiger partial charge is 0.320 e. The molecule has 4 rings (SSSR count). The minimum absolute atomic E-state index is 0.198. The van der Waals surface area contributed by atoms with Crippen molar-refractivity contribution in [3.05, 3.63) is 95.8 Å². The highest BCUT2D eigenvalue weighted by Crippen LogP contribution is 2.34. The van der Waals surface area contributed by atoms with E-state index in [1.807, 2.05) is 72.8 Å². The van der Waals surface area contributed by atoms with Crippen molar-refractivity contribution in [1.82, 2.24) is 9.88 Å². The van der Waals surface area contributed by atoms with Gasteiger partial charge in [0.05, 0.1) is 11.7 Å². The van der Waals surface area contributed by atoms with Crippen LogP contribution in [0.3, 0.4) is 0 Å². The number of pyridine rings is 1. The summed E-state index contributed by atoms with van der Waals surface area (Å²) in [5, 5.41) is 9.79. The number of hydrogen-bond acceptors (Lipinski definition) is 4. The van der Waals surface area contributed by atoms with E-state index in [9.17, 15) is 9.90 Å². The number of aromatic nitrogens is 1. The Kier molecular flexibility index (Phi) is 6.40. The molecule has 2 heterocycles. The first-order chi connectivity index (χ1) is 14.7. The molecule has 154 valence electrons. The zero-order valence-corrected chi connectivity index (χ0v) is 16.9. The maximum absolute atomic E-state index is 11.9. The third kappa shape index (κ3) is 4.69. The highest BCUT2D eigenvalue weighted by molar-refractivity contribution is 5.73. The summed E-state index contributed by atoms with van der Waals surface area (Å²) in [5.41, 5.74) is 3.00. The standard InChI is InChI=1S/C25H26N2O3/c28-25(29)23-11-5-7-17-27(23)24(22-10-4-6-16-26-22)20-12-14-21(15-13-20)30-18-19-8-2-1-3-9-19/h1-4,6,8-10,12-16,23-24H,5,7,11,17-18H2,(H,28,29). The summed E-state index contributed by atoms with van der Waals surface area (Å²) in [5.74, 6) is 0.0225. The number of benzene rings is 2. The van der Waals surface area contributed by atoms with Crippen LogP contribution in [0, 0.1) is 0 Å². The highest BCUT2D eigenvalue weighted by Gasteiger charge is 2.35. The van der Waals surface area contributed by atoms with Crippen molar-refractivity contribution in [2.75, 3.05) is 6.54 Å². The Morgan fingerprint density at radius 2 is 1.80 bits per heavy atom.